The lowest BCUT2D eigenvalue weighted by molar-refractivity contribution is 0.0267. The number of nitrogens with zero attached hydrogens (tertiary/aromatic N) is 3. The van der Waals surface area contributed by atoms with E-state index in [1.807, 2.05) is 0 Å². The number of sulfonamides is 1. The zero-order valence-electron chi connectivity index (χ0n) is 17.1. The molecular formula is C20H27FN4O4S. The van der Waals surface area contributed by atoms with Gasteiger partial charge in [0.25, 0.3) is 5.56 Å². The van der Waals surface area contributed by atoms with Crippen LogP contribution >= 0.6 is 0 Å². The monoisotopic (exact) mass is 438 g/mol. The number of aromatic nitrogens is 2. The first-order valence-electron chi connectivity index (χ1n) is 10.2. The maximum Gasteiger partial charge on any atom is 0.251 e. The molecule has 0 radical (unpaired) electrons. The molecule has 4 rings (SSSR count). The summed E-state index contributed by atoms with van der Waals surface area (Å²) < 4.78 is 41.7. The summed E-state index contributed by atoms with van der Waals surface area (Å²) in [5.41, 5.74) is -1.30. The predicted octanol–water partition coefficient (Wildman–Crippen LogP) is 1.85. The Bertz CT molecular complexity index is 1120. The molecule has 3 heterocycles. The van der Waals surface area contributed by atoms with E-state index in [0.29, 0.717) is 44.2 Å². The molecule has 0 unspecified atom stereocenters. The predicted molar refractivity (Wildman–Crippen MR) is 113 cm³/mol. The average Bonchev–Trinajstić information content (AvgIpc) is 3.03. The molecule has 2 aromatic rings. The van der Waals surface area contributed by atoms with Gasteiger partial charge < -0.3 is 10.4 Å². The van der Waals surface area contributed by atoms with Gasteiger partial charge in [-0.3, -0.25) is 9.36 Å². The Morgan fingerprint density at radius 3 is 2.57 bits per heavy atom. The summed E-state index contributed by atoms with van der Waals surface area (Å²) in [4.78, 5) is 16.9. The lowest BCUT2D eigenvalue weighted by Gasteiger charge is -2.31. The Hall–Kier alpha value is -2.04. The summed E-state index contributed by atoms with van der Waals surface area (Å²) in [5, 5.41) is 14.3. The summed E-state index contributed by atoms with van der Waals surface area (Å²) >= 11 is 0. The molecule has 2 atom stereocenters. The van der Waals surface area contributed by atoms with E-state index in [2.05, 4.69) is 10.3 Å². The summed E-state index contributed by atoms with van der Waals surface area (Å²) in [7, 11) is -3.24. The second-order valence-corrected chi connectivity index (χ2v) is 10.6. The van der Waals surface area contributed by atoms with Crippen molar-refractivity contribution in [3.63, 3.8) is 0 Å². The third kappa shape index (κ3) is 3.83. The first kappa shape index (κ1) is 21.2. The molecule has 164 valence electrons. The molecule has 0 bridgehead atoms. The van der Waals surface area contributed by atoms with E-state index in [9.17, 15) is 18.3 Å². The molecule has 1 saturated carbocycles. The van der Waals surface area contributed by atoms with Crippen molar-refractivity contribution in [3.8, 4) is 0 Å². The molecule has 2 aliphatic rings. The van der Waals surface area contributed by atoms with Crippen LogP contribution in [0.15, 0.2) is 23.1 Å². The van der Waals surface area contributed by atoms with Gasteiger partial charge >= 0.3 is 0 Å². The van der Waals surface area contributed by atoms with Crippen molar-refractivity contribution in [3.05, 3.63) is 34.5 Å². The van der Waals surface area contributed by atoms with Crippen molar-refractivity contribution in [2.45, 2.75) is 56.7 Å². The molecular weight excluding hydrogens is 411 g/mol. The van der Waals surface area contributed by atoms with Crippen LogP contribution in [-0.2, 0) is 10.0 Å². The second kappa shape index (κ2) is 7.58. The molecule has 0 spiro atoms. The fourth-order valence-corrected chi connectivity index (χ4v) is 5.56. The van der Waals surface area contributed by atoms with Gasteiger partial charge in [-0.25, -0.2) is 22.1 Å². The van der Waals surface area contributed by atoms with Crippen molar-refractivity contribution in [2.24, 2.45) is 0 Å². The van der Waals surface area contributed by atoms with Crippen LogP contribution in [0.25, 0.3) is 10.9 Å². The molecule has 1 aliphatic carbocycles. The van der Waals surface area contributed by atoms with Gasteiger partial charge in [0.15, 0.2) is 11.6 Å². The number of rotatable bonds is 4. The minimum atomic E-state index is -3.24. The van der Waals surface area contributed by atoms with Crippen LogP contribution in [0.3, 0.4) is 0 Å². The maximum atomic E-state index is 15.6. The van der Waals surface area contributed by atoms with E-state index in [4.69, 9.17) is 0 Å². The first-order chi connectivity index (χ1) is 14.1. The highest BCUT2D eigenvalue weighted by atomic mass is 32.2. The van der Waals surface area contributed by atoms with Crippen LogP contribution in [0.5, 0.6) is 0 Å². The lowest BCUT2D eigenvalue weighted by Crippen LogP contribution is -2.42. The van der Waals surface area contributed by atoms with E-state index >= 15 is 4.39 Å². The first-order valence-corrected chi connectivity index (χ1v) is 12.1. The molecule has 0 amide bonds. The fourth-order valence-electron chi connectivity index (χ4n) is 4.68. The number of fused-ring (bicyclic) bond motifs is 1. The van der Waals surface area contributed by atoms with Gasteiger partial charge in [0.1, 0.15) is 0 Å². The lowest BCUT2D eigenvalue weighted by atomic mass is 9.99. The molecule has 10 heteroatoms. The Morgan fingerprint density at radius 1 is 1.27 bits per heavy atom. The van der Waals surface area contributed by atoms with Crippen molar-refractivity contribution < 1.29 is 17.9 Å². The Kier molecular flexibility index (Phi) is 5.36. The second-order valence-electron chi connectivity index (χ2n) is 8.61. The summed E-state index contributed by atoms with van der Waals surface area (Å²) in [6.45, 7) is 2.41. The van der Waals surface area contributed by atoms with E-state index < -0.39 is 27.5 Å². The molecule has 2 fully saturated rings. The summed E-state index contributed by atoms with van der Waals surface area (Å²) in [6.07, 6.45) is 5.68. The van der Waals surface area contributed by atoms with E-state index in [0.717, 1.165) is 6.42 Å². The van der Waals surface area contributed by atoms with Crippen molar-refractivity contribution in [1.29, 1.82) is 0 Å². The normalized spacial score (nSPS) is 26.3. The molecule has 2 N–H and O–H groups in total. The van der Waals surface area contributed by atoms with Crippen LogP contribution in [-0.4, -0.2) is 58.4 Å². The van der Waals surface area contributed by atoms with E-state index in [1.54, 1.807) is 13.0 Å². The Morgan fingerprint density at radius 2 is 1.97 bits per heavy atom. The Labute approximate surface area is 174 Å². The zero-order valence-corrected chi connectivity index (χ0v) is 18.0. The van der Waals surface area contributed by atoms with Crippen molar-refractivity contribution in [2.75, 3.05) is 24.7 Å². The standard InChI is InChI=1S/C20H27FN4O4S/c1-20(27)9-3-4-15(20)25-16(26)6-5-13-12-22-19(17(21)18(13)25)23-14-7-10-24(11-8-14)30(2,28)29/h5-6,12,14-15,27H,3-4,7-11H2,1-2H3,(H,22,23)/t15-,20-/m1/s1. The van der Waals surface area contributed by atoms with Crippen LogP contribution < -0.4 is 10.9 Å². The Balaban J connectivity index is 1.68. The minimum absolute atomic E-state index is 0.0392. The zero-order chi connectivity index (χ0) is 21.7. The number of hydrogen-bond donors (Lipinski definition) is 2. The van der Waals surface area contributed by atoms with Gasteiger partial charge in [0, 0.05) is 36.8 Å². The quantitative estimate of drug-likeness (QED) is 0.755. The third-order valence-corrected chi connectivity index (χ3v) is 7.66. The van der Waals surface area contributed by atoms with Gasteiger partial charge in [-0.15, -0.1) is 0 Å². The number of anilines is 1. The van der Waals surface area contributed by atoms with E-state index in [1.165, 1.54) is 27.4 Å². The highest BCUT2D eigenvalue weighted by molar-refractivity contribution is 7.88. The van der Waals surface area contributed by atoms with Crippen molar-refractivity contribution >= 4 is 26.7 Å². The number of pyridine rings is 2. The third-order valence-electron chi connectivity index (χ3n) is 6.36. The topological polar surface area (TPSA) is 105 Å². The van der Waals surface area contributed by atoms with E-state index in [-0.39, 0.29) is 22.9 Å². The smallest absolute Gasteiger partial charge is 0.251 e. The molecule has 8 nitrogen and oxygen atoms in total. The highest BCUT2D eigenvalue weighted by Crippen LogP contribution is 2.40. The maximum absolute atomic E-state index is 15.6. The molecule has 1 aliphatic heterocycles. The van der Waals surface area contributed by atoms with Crippen LogP contribution in [0.1, 0.15) is 45.1 Å². The highest BCUT2D eigenvalue weighted by Gasteiger charge is 2.39. The fraction of sp³-hybridized carbons (Fsp3) is 0.600. The van der Waals surface area contributed by atoms with Gasteiger partial charge in [-0.1, -0.05) is 0 Å². The molecule has 30 heavy (non-hydrogen) atoms. The van der Waals surface area contributed by atoms with Gasteiger partial charge in [-0.05, 0) is 45.1 Å². The van der Waals surface area contributed by atoms with Gasteiger partial charge in [0.2, 0.25) is 10.0 Å². The van der Waals surface area contributed by atoms with Crippen molar-refractivity contribution in [1.82, 2.24) is 13.9 Å². The SMILES string of the molecule is C[C@@]1(O)CCC[C@H]1n1c(=O)ccc2cnc(NC3CCN(S(C)(=O)=O)CC3)c(F)c21. The van der Waals surface area contributed by atoms with Crippen LogP contribution in [0.4, 0.5) is 10.2 Å². The molecule has 0 aromatic carbocycles. The van der Waals surface area contributed by atoms with Gasteiger partial charge in [-0.2, -0.15) is 0 Å². The largest absolute Gasteiger partial charge is 0.388 e. The van der Waals surface area contributed by atoms with Gasteiger partial charge in [0.05, 0.1) is 23.4 Å². The number of hydrogen-bond acceptors (Lipinski definition) is 6. The summed E-state index contributed by atoms with van der Waals surface area (Å²) in [6, 6.07) is 2.30. The molecule has 2 aromatic heterocycles. The molecule has 1 saturated heterocycles. The number of halogens is 1. The number of aliphatic hydroxyl groups is 1. The summed E-state index contributed by atoms with van der Waals surface area (Å²) in [5.74, 6) is -0.587. The average molecular weight is 439 g/mol. The number of nitrogens with one attached hydrogen (secondary N) is 1. The van der Waals surface area contributed by atoms with Crippen LogP contribution in [0, 0.1) is 5.82 Å². The number of piperidine rings is 1. The van der Waals surface area contributed by atoms with Crippen LogP contribution in [0.2, 0.25) is 0 Å². The minimum Gasteiger partial charge on any atom is -0.388 e.